The van der Waals surface area contributed by atoms with Crippen molar-refractivity contribution < 1.29 is 23.1 Å². The Hall–Kier alpha value is -5.50. The number of methoxy groups -OCH3 is 1. The van der Waals surface area contributed by atoms with Crippen LogP contribution in [0.1, 0.15) is 11.6 Å². The number of benzene rings is 2. The van der Waals surface area contributed by atoms with Crippen LogP contribution in [0.2, 0.25) is 0 Å². The number of hydrogen-bond donors (Lipinski definition) is 1. The third kappa shape index (κ3) is 5.29. The summed E-state index contributed by atoms with van der Waals surface area (Å²) in [5.74, 6) is 0.830. The third-order valence-corrected chi connectivity index (χ3v) is 7.80. The molecule has 0 radical (unpaired) electrons. The molecule has 45 heavy (non-hydrogen) atoms. The first-order chi connectivity index (χ1) is 22.0. The summed E-state index contributed by atoms with van der Waals surface area (Å²) in [6.07, 6.45) is 3.16. The number of rotatable bonds is 9. The van der Waals surface area contributed by atoms with Gasteiger partial charge in [0.25, 0.3) is 5.91 Å². The van der Waals surface area contributed by atoms with Crippen LogP contribution < -0.4 is 15.4 Å². The van der Waals surface area contributed by atoms with Gasteiger partial charge in [-0.15, -0.1) is 5.10 Å². The lowest BCUT2D eigenvalue weighted by Crippen LogP contribution is -2.51. The second-order valence-electron chi connectivity index (χ2n) is 10.5. The molecule has 14 heteroatoms. The molecule has 0 saturated carbocycles. The van der Waals surface area contributed by atoms with Crippen molar-refractivity contribution in [1.29, 1.82) is 0 Å². The highest BCUT2D eigenvalue weighted by molar-refractivity contribution is 5.92. The number of amides is 1. The van der Waals surface area contributed by atoms with E-state index >= 15 is 4.39 Å². The van der Waals surface area contributed by atoms with Gasteiger partial charge < -0.3 is 29.4 Å². The second kappa shape index (κ2) is 11.9. The molecule has 2 aromatic carbocycles. The zero-order valence-electron chi connectivity index (χ0n) is 24.4. The molecule has 2 N–H and O–H groups in total. The maximum atomic E-state index is 15.0. The second-order valence-corrected chi connectivity index (χ2v) is 10.5. The number of carbonyl (C=O) groups is 1. The van der Waals surface area contributed by atoms with Gasteiger partial charge in [0.05, 0.1) is 30.1 Å². The number of anilines is 2. The average Bonchev–Trinajstić information content (AvgIpc) is 3.83. The number of hydrogen-bond acceptors (Lipinski definition) is 10. The first kappa shape index (κ1) is 28.3. The number of ether oxygens (including phenoxy) is 2. The summed E-state index contributed by atoms with van der Waals surface area (Å²) in [5, 5.41) is 9.66. The predicted molar refractivity (Wildman–Crippen MR) is 163 cm³/mol. The molecule has 1 atom stereocenters. The zero-order valence-corrected chi connectivity index (χ0v) is 24.4. The Morgan fingerprint density at radius 3 is 2.58 bits per heavy atom. The highest BCUT2D eigenvalue weighted by Gasteiger charge is 2.33. The molecular formula is C31H30FN9O4. The number of furan rings is 1. The molecule has 1 amide bonds. The predicted octanol–water partition coefficient (Wildman–Crippen LogP) is 3.42. The first-order valence-electron chi connectivity index (χ1n) is 14.4. The molecule has 0 bridgehead atoms. The van der Waals surface area contributed by atoms with Crippen molar-refractivity contribution in [2.75, 3.05) is 57.1 Å². The minimum Gasteiger partial charge on any atom is -0.491 e. The van der Waals surface area contributed by atoms with Gasteiger partial charge in [-0.1, -0.05) is 30.3 Å². The molecular weight excluding hydrogens is 581 g/mol. The van der Waals surface area contributed by atoms with Gasteiger partial charge in [-0.2, -0.15) is 14.6 Å². The number of nitrogen functional groups attached to an aromatic ring is 1. The van der Waals surface area contributed by atoms with Crippen LogP contribution in [0.3, 0.4) is 0 Å². The van der Waals surface area contributed by atoms with Crippen molar-refractivity contribution in [3.05, 3.63) is 84.5 Å². The third-order valence-electron chi connectivity index (χ3n) is 7.80. The molecule has 230 valence electrons. The van der Waals surface area contributed by atoms with Gasteiger partial charge in [-0.05, 0) is 29.8 Å². The van der Waals surface area contributed by atoms with Crippen LogP contribution >= 0.6 is 0 Å². The van der Waals surface area contributed by atoms with Crippen molar-refractivity contribution in [2.45, 2.75) is 6.04 Å². The Bertz CT molecular complexity index is 1950. The van der Waals surface area contributed by atoms with Crippen molar-refractivity contribution in [3.63, 3.8) is 0 Å². The summed E-state index contributed by atoms with van der Waals surface area (Å²) >= 11 is 0. The summed E-state index contributed by atoms with van der Waals surface area (Å²) in [5.41, 5.74) is 8.37. The molecule has 6 aromatic rings. The fraction of sp³-hybridized carbons (Fsp3) is 0.258. The van der Waals surface area contributed by atoms with Crippen LogP contribution in [0.25, 0.3) is 28.3 Å². The molecule has 1 aliphatic heterocycles. The minimum absolute atomic E-state index is 0.0922. The molecule has 1 aliphatic rings. The standard InChI is InChI=1S/C31H30FN9O4/c1-43-16-17-44-21-9-10-24(23(32)18-21)38-11-13-39(14-12-38)30(42)26(20-6-3-2-4-7-20)40-29-22(19-34-40)28-35-27(25-8-5-15-45-25)37-41(28)31(33)36-29/h2-10,15,18-19,26H,11-14,16-17H2,1H3,(H2,33,36)/t26-/m1/s1. The number of halogens is 1. The maximum absolute atomic E-state index is 15.0. The number of carbonyl (C=O) groups excluding carboxylic acids is 1. The summed E-state index contributed by atoms with van der Waals surface area (Å²) in [4.78, 5) is 27.2. The topological polar surface area (TPSA) is 142 Å². The Labute approximate surface area is 256 Å². The number of fused-ring (bicyclic) bond motifs is 3. The molecule has 1 saturated heterocycles. The largest absolute Gasteiger partial charge is 0.491 e. The number of aromatic nitrogens is 6. The van der Waals surface area contributed by atoms with Gasteiger partial charge in [-0.3, -0.25) is 4.79 Å². The van der Waals surface area contributed by atoms with Gasteiger partial charge in [-0.25, -0.2) is 14.1 Å². The number of nitrogens with zero attached hydrogens (tertiary/aromatic N) is 8. The Morgan fingerprint density at radius 1 is 1.02 bits per heavy atom. The van der Waals surface area contributed by atoms with Gasteiger partial charge in [0.1, 0.15) is 18.2 Å². The molecule has 1 fully saturated rings. The lowest BCUT2D eigenvalue weighted by atomic mass is 10.0. The lowest BCUT2D eigenvalue weighted by Gasteiger charge is -2.37. The van der Waals surface area contributed by atoms with E-state index < -0.39 is 6.04 Å². The Morgan fingerprint density at radius 2 is 1.84 bits per heavy atom. The quantitative estimate of drug-likeness (QED) is 0.242. The minimum atomic E-state index is -0.822. The number of piperazine rings is 1. The van der Waals surface area contributed by atoms with E-state index in [1.165, 1.54) is 10.6 Å². The SMILES string of the molecule is COCCOc1ccc(N2CCN(C(=O)[C@@H](c3ccccc3)n3ncc4c3nc(N)n3nc(-c5ccco5)nc43)CC2)c(F)c1. The molecule has 13 nitrogen and oxygen atoms in total. The summed E-state index contributed by atoms with van der Waals surface area (Å²) in [6.45, 7) is 2.44. The molecule has 0 unspecified atom stereocenters. The Balaban J connectivity index is 1.16. The number of nitrogens with two attached hydrogens (primary N) is 1. The van der Waals surface area contributed by atoms with E-state index in [1.54, 1.807) is 53.4 Å². The van der Waals surface area contributed by atoms with Crippen LogP contribution in [0.5, 0.6) is 5.75 Å². The molecule has 0 aliphatic carbocycles. The summed E-state index contributed by atoms with van der Waals surface area (Å²) < 4.78 is 34.0. The monoisotopic (exact) mass is 611 g/mol. The lowest BCUT2D eigenvalue weighted by molar-refractivity contribution is -0.134. The van der Waals surface area contributed by atoms with Crippen molar-refractivity contribution in [3.8, 4) is 17.3 Å². The van der Waals surface area contributed by atoms with Crippen molar-refractivity contribution >= 4 is 34.2 Å². The molecule has 7 rings (SSSR count). The average molecular weight is 612 g/mol. The van der Waals surface area contributed by atoms with E-state index in [2.05, 4.69) is 20.2 Å². The Kier molecular flexibility index (Phi) is 7.47. The first-order valence-corrected chi connectivity index (χ1v) is 14.4. The molecule has 0 spiro atoms. The van der Waals surface area contributed by atoms with Crippen LogP contribution in [0.4, 0.5) is 16.0 Å². The zero-order chi connectivity index (χ0) is 30.9. The van der Waals surface area contributed by atoms with Crippen LogP contribution in [-0.2, 0) is 9.53 Å². The van der Waals surface area contributed by atoms with E-state index in [0.29, 0.717) is 79.1 Å². The van der Waals surface area contributed by atoms with Crippen LogP contribution in [-0.4, -0.2) is 86.7 Å². The van der Waals surface area contributed by atoms with E-state index in [9.17, 15) is 4.79 Å². The van der Waals surface area contributed by atoms with Gasteiger partial charge in [0, 0.05) is 39.4 Å². The van der Waals surface area contributed by atoms with Crippen molar-refractivity contribution in [2.24, 2.45) is 0 Å². The maximum Gasteiger partial charge on any atom is 0.252 e. The summed E-state index contributed by atoms with van der Waals surface area (Å²) in [7, 11) is 1.58. The summed E-state index contributed by atoms with van der Waals surface area (Å²) in [6, 6.07) is 16.9. The molecule has 4 aromatic heterocycles. The smallest absolute Gasteiger partial charge is 0.252 e. The normalized spacial score (nSPS) is 14.4. The van der Waals surface area contributed by atoms with Crippen molar-refractivity contribution in [1.82, 2.24) is 34.3 Å². The van der Waals surface area contributed by atoms with Gasteiger partial charge >= 0.3 is 0 Å². The fourth-order valence-corrected chi connectivity index (χ4v) is 5.57. The van der Waals surface area contributed by atoms with Crippen LogP contribution in [0.15, 0.2) is 77.5 Å². The fourth-order valence-electron chi connectivity index (χ4n) is 5.57. The van der Waals surface area contributed by atoms with E-state index in [4.69, 9.17) is 19.6 Å². The highest BCUT2D eigenvalue weighted by Crippen LogP contribution is 2.30. The molecule has 5 heterocycles. The van der Waals surface area contributed by atoms with Gasteiger partial charge in [0.15, 0.2) is 23.1 Å². The van der Waals surface area contributed by atoms with E-state index in [0.717, 1.165) is 5.56 Å². The van der Waals surface area contributed by atoms with Gasteiger partial charge in [0.2, 0.25) is 11.8 Å². The highest BCUT2D eigenvalue weighted by atomic mass is 19.1. The van der Waals surface area contributed by atoms with E-state index in [1.807, 2.05) is 35.2 Å². The van der Waals surface area contributed by atoms with Crippen LogP contribution in [0, 0.1) is 5.82 Å². The van der Waals surface area contributed by atoms with E-state index in [-0.39, 0.29) is 17.7 Å².